The molecule has 3 saturated heterocycles. The number of fused-ring (bicyclic) bond motifs is 1. The summed E-state index contributed by atoms with van der Waals surface area (Å²) in [6.07, 6.45) is 4.72. The Labute approximate surface area is 370 Å². The first kappa shape index (κ1) is 43.6. The van der Waals surface area contributed by atoms with Gasteiger partial charge in [-0.25, -0.2) is 9.97 Å². The number of nitrogens with zero attached hydrogens (tertiary/aromatic N) is 6. The van der Waals surface area contributed by atoms with Crippen LogP contribution < -0.4 is 20.3 Å². The van der Waals surface area contributed by atoms with Crippen LogP contribution in [0, 0.1) is 0 Å². The fraction of sp³-hybridized carbons (Fsp3) is 0.400. The van der Waals surface area contributed by atoms with E-state index in [2.05, 4.69) is 38.3 Å². The number of ether oxygens (including phenoxy) is 1. The number of halogens is 1. The Balaban J connectivity index is 0.806. The van der Waals surface area contributed by atoms with Gasteiger partial charge in [-0.1, -0.05) is 41.9 Å². The third kappa shape index (κ3) is 9.32. The summed E-state index contributed by atoms with van der Waals surface area (Å²) in [7, 11) is -0.812. The lowest BCUT2D eigenvalue weighted by atomic mass is 10.0. The second kappa shape index (κ2) is 18.3. The number of amides is 5. The minimum atomic E-state index is -2.49. The number of thioether (sulfide) groups is 1. The van der Waals surface area contributed by atoms with E-state index in [4.69, 9.17) is 21.3 Å². The summed E-state index contributed by atoms with van der Waals surface area (Å²) < 4.78 is 18.8. The van der Waals surface area contributed by atoms with Crippen LogP contribution in [-0.4, -0.2) is 132 Å². The van der Waals surface area contributed by atoms with Crippen LogP contribution >= 0.6 is 30.5 Å². The van der Waals surface area contributed by atoms with Gasteiger partial charge in [-0.15, -0.1) is 11.8 Å². The summed E-state index contributed by atoms with van der Waals surface area (Å²) in [5.41, 5.74) is 4.12. The minimum Gasteiger partial charge on any atom is -0.496 e. The Bertz CT molecular complexity index is 2480. The monoisotopic (exact) mass is 897 g/mol. The topological polar surface area (TPSA) is 162 Å². The fourth-order valence-corrected chi connectivity index (χ4v) is 11.2. The van der Waals surface area contributed by atoms with Gasteiger partial charge in [-0.3, -0.25) is 39.1 Å². The number of benzene rings is 3. The molecule has 1 atom stereocenters. The highest BCUT2D eigenvalue weighted by molar-refractivity contribution is 8.00. The first-order chi connectivity index (χ1) is 29.8. The van der Waals surface area contributed by atoms with Gasteiger partial charge in [-0.2, -0.15) is 0 Å². The molecule has 4 aromatic rings. The smallest absolute Gasteiger partial charge is 0.262 e. The van der Waals surface area contributed by atoms with Crippen LogP contribution in [0.4, 0.5) is 5.69 Å². The molecular weight excluding hydrogens is 849 g/mol. The van der Waals surface area contributed by atoms with Crippen molar-refractivity contribution in [3.63, 3.8) is 0 Å². The number of hydrogen-bond acceptors (Lipinski definition) is 12. The van der Waals surface area contributed by atoms with E-state index in [1.54, 1.807) is 44.8 Å². The molecule has 14 nitrogen and oxygen atoms in total. The lowest BCUT2D eigenvalue weighted by Crippen LogP contribution is -2.54. The van der Waals surface area contributed by atoms with Crippen molar-refractivity contribution in [3.05, 3.63) is 106 Å². The molecule has 5 heterocycles. The summed E-state index contributed by atoms with van der Waals surface area (Å²) in [5, 5.41) is 3.51. The van der Waals surface area contributed by atoms with Crippen molar-refractivity contribution in [2.75, 3.05) is 70.4 Å². The van der Waals surface area contributed by atoms with E-state index in [-0.39, 0.29) is 35.6 Å². The molecule has 8 rings (SSSR count). The van der Waals surface area contributed by atoms with Crippen molar-refractivity contribution in [2.24, 2.45) is 0 Å². The average molecular weight is 898 g/mol. The molecule has 4 aliphatic rings. The maximum atomic E-state index is 13.3. The zero-order valence-corrected chi connectivity index (χ0v) is 37.4. The Morgan fingerprint density at radius 2 is 1.63 bits per heavy atom. The van der Waals surface area contributed by atoms with Gasteiger partial charge in [-0.05, 0) is 62.4 Å². The van der Waals surface area contributed by atoms with E-state index < -0.39 is 36.8 Å². The molecule has 17 heteroatoms. The molecule has 3 aromatic carbocycles. The number of imide groups is 2. The fourth-order valence-electron chi connectivity index (χ4n) is 8.87. The average Bonchev–Trinajstić information content (AvgIpc) is 3.51. The van der Waals surface area contributed by atoms with Crippen LogP contribution in [0.1, 0.15) is 69.0 Å². The van der Waals surface area contributed by atoms with E-state index in [0.717, 1.165) is 71.8 Å². The highest BCUT2D eigenvalue weighted by Crippen LogP contribution is 2.37. The molecule has 0 bridgehead atoms. The summed E-state index contributed by atoms with van der Waals surface area (Å²) in [5.74, 6) is -0.573. The van der Waals surface area contributed by atoms with E-state index >= 15 is 0 Å². The van der Waals surface area contributed by atoms with Crippen molar-refractivity contribution < 1.29 is 33.3 Å². The number of aromatic nitrogens is 2. The molecule has 0 saturated carbocycles. The van der Waals surface area contributed by atoms with E-state index in [1.807, 2.05) is 29.2 Å². The van der Waals surface area contributed by atoms with Gasteiger partial charge in [0.2, 0.25) is 17.7 Å². The molecule has 1 unspecified atom stereocenters. The van der Waals surface area contributed by atoms with Crippen LogP contribution in [0.15, 0.2) is 71.8 Å². The number of hydrogen-bond donors (Lipinski definition) is 1. The van der Waals surface area contributed by atoms with E-state index in [0.29, 0.717) is 53.4 Å². The number of rotatable bonds is 12. The second-order valence-electron chi connectivity index (χ2n) is 16.5. The highest BCUT2D eigenvalue weighted by Gasteiger charge is 2.44. The van der Waals surface area contributed by atoms with Crippen molar-refractivity contribution >= 4 is 71.0 Å². The molecule has 62 heavy (non-hydrogen) atoms. The molecule has 0 aliphatic carbocycles. The summed E-state index contributed by atoms with van der Waals surface area (Å²) in [6.45, 7) is 8.22. The van der Waals surface area contributed by atoms with Gasteiger partial charge in [0, 0.05) is 98.3 Å². The predicted octanol–water partition coefficient (Wildman–Crippen LogP) is 4.87. The number of carbonyl (C=O) groups is 5. The zero-order chi connectivity index (χ0) is 43.7. The number of nitrogens with one attached hydrogen (secondary N) is 1. The lowest BCUT2D eigenvalue weighted by molar-refractivity contribution is -0.136. The molecule has 3 fully saturated rings. The molecule has 0 spiro atoms. The lowest BCUT2D eigenvalue weighted by Gasteiger charge is -2.43. The summed E-state index contributed by atoms with van der Waals surface area (Å²) in [4.78, 5) is 81.4. The molecule has 0 radical (unpaired) electrons. The highest BCUT2D eigenvalue weighted by atomic mass is 35.5. The maximum Gasteiger partial charge on any atom is 0.262 e. The van der Waals surface area contributed by atoms with Gasteiger partial charge in [0.05, 0.1) is 34.7 Å². The Morgan fingerprint density at radius 1 is 0.887 bits per heavy atom. The Kier molecular flexibility index (Phi) is 12.9. The molecule has 4 aliphatic heterocycles. The van der Waals surface area contributed by atoms with Gasteiger partial charge >= 0.3 is 0 Å². The quantitative estimate of drug-likeness (QED) is 0.117. The molecule has 1 N–H and O–H groups in total. The molecule has 5 amide bonds. The predicted molar refractivity (Wildman–Crippen MR) is 238 cm³/mol. The van der Waals surface area contributed by atoms with Gasteiger partial charge < -0.3 is 19.1 Å². The largest absolute Gasteiger partial charge is 0.496 e. The maximum absolute atomic E-state index is 13.3. The standard InChI is InChI=1S/C45H49ClN7O7PS/c1-60-38-24-31(9-8-28(38)23-40-47-26-35(46)36(48-40)22-29-6-4-5-7-39(29)61(2,3)59)50-16-14-30(15-17-50)51-18-20-52(21-19-51)42(55)27-62-32-10-11-33-34(25-32)45(58)53(44(33)57)37-12-13-41(54)49-43(37)56/h4-11,24-26,30,37H,12-23,27H2,1-3H3,(H,49,54,56). The first-order valence-electron chi connectivity index (χ1n) is 20.8. The van der Waals surface area contributed by atoms with Gasteiger partial charge in [0.15, 0.2) is 0 Å². The third-order valence-electron chi connectivity index (χ3n) is 12.2. The number of anilines is 1. The number of methoxy groups -OCH3 is 1. The van der Waals surface area contributed by atoms with E-state index in [9.17, 15) is 28.5 Å². The van der Waals surface area contributed by atoms with Crippen molar-refractivity contribution in [1.82, 2.24) is 30.0 Å². The van der Waals surface area contributed by atoms with Crippen molar-refractivity contribution in [2.45, 2.75) is 55.5 Å². The van der Waals surface area contributed by atoms with Gasteiger partial charge in [0.25, 0.3) is 11.8 Å². The minimum absolute atomic E-state index is 0.0183. The second-order valence-corrected chi connectivity index (χ2v) is 21.1. The molecule has 1 aromatic heterocycles. The third-order valence-corrected chi connectivity index (χ3v) is 15.1. The first-order valence-corrected chi connectivity index (χ1v) is 24.8. The number of piperidine rings is 2. The number of carbonyl (C=O) groups excluding carboxylic acids is 5. The van der Waals surface area contributed by atoms with Crippen LogP contribution in [0.3, 0.4) is 0 Å². The Morgan fingerprint density at radius 3 is 2.35 bits per heavy atom. The molecule has 324 valence electrons. The zero-order valence-electron chi connectivity index (χ0n) is 35.0. The SMILES string of the molecule is COc1cc(N2CCC(N3CCN(C(=O)CSc4ccc5c(c4)C(=O)N(C4CCC(=O)NC4=O)C5=O)CC3)CC2)ccc1Cc1ncc(Cl)c(Cc2ccccc2P(C)(C)=O)n1. The Hall–Kier alpha value is -5.08. The van der Waals surface area contributed by atoms with Crippen LogP contribution in [0.5, 0.6) is 5.75 Å². The number of piperazine rings is 1. The van der Waals surface area contributed by atoms with E-state index in [1.165, 1.54) is 11.8 Å². The van der Waals surface area contributed by atoms with Gasteiger partial charge in [0.1, 0.15) is 24.8 Å². The van der Waals surface area contributed by atoms with Crippen molar-refractivity contribution in [1.29, 1.82) is 0 Å². The van der Waals surface area contributed by atoms with Crippen molar-refractivity contribution in [3.8, 4) is 5.75 Å². The van der Waals surface area contributed by atoms with Crippen LogP contribution in [0.25, 0.3) is 0 Å². The summed E-state index contributed by atoms with van der Waals surface area (Å²) in [6, 6.07) is 18.3. The molecular formula is C45H49ClN7O7PS. The normalized spacial score (nSPS) is 18.9. The van der Waals surface area contributed by atoms with Crippen LogP contribution in [-0.2, 0) is 31.8 Å². The van der Waals surface area contributed by atoms with Crippen LogP contribution in [0.2, 0.25) is 5.02 Å². The summed E-state index contributed by atoms with van der Waals surface area (Å²) >= 11 is 7.88.